The van der Waals surface area contributed by atoms with Crippen molar-refractivity contribution in [2.75, 3.05) is 34.0 Å². The van der Waals surface area contributed by atoms with Crippen molar-refractivity contribution in [2.45, 2.75) is 20.0 Å². The lowest BCUT2D eigenvalue weighted by Crippen LogP contribution is -2.31. The summed E-state index contributed by atoms with van der Waals surface area (Å²) in [6, 6.07) is 8.55. The van der Waals surface area contributed by atoms with Gasteiger partial charge in [-0.25, -0.2) is 0 Å². The van der Waals surface area contributed by atoms with Crippen LogP contribution in [0.25, 0.3) is 0 Å². The fourth-order valence-corrected chi connectivity index (χ4v) is 3.42. The summed E-state index contributed by atoms with van der Waals surface area (Å²) < 4.78 is 11.0. The molecule has 1 aromatic heterocycles. The Bertz CT molecular complexity index is 641. The highest BCUT2D eigenvalue weighted by Gasteiger charge is 2.17. The first-order chi connectivity index (χ1) is 11.1. The minimum Gasteiger partial charge on any atom is -0.454 e. The smallest absolute Gasteiger partial charge is 0.231 e. The number of ether oxygens (including phenoxy) is 2. The molecule has 2 heterocycles. The number of thiophene rings is 1. The molecule has 0 amide bonds. The molecule has 1 aromatic carbocycles. The largest absolute Gasteiger partial charge is 0.454 e. The third-order valence-corrected chi connectivity index (χ3v) is 4.91. The maximum atomic E-state index is 5.53. The number of aryl methyl sites for hydroxylation is 1. The van der Waals surface area contributed by atoms with E-state index in [0.29, 0.717) is 6.79 Å². The first kappa shape index (κ1) is 16.3. The van der Waals surface area contributed by atoms with Crippen molar-refractivity contribution in [1.82, 2.24) is 9.80 Å². The first-order valence-electron chi connectivity index (χ1n) is 7.90. The van der Waals surface area contributed by atoms with Gasteiger partial charge in [0.25, 0.3) is 0 Å². The summed E-state index contributed by atoms with van der Waals surface area (Å²) in [5, 5.41) is 2.14. The third kappa shape index (κ3) is 4.25. The Kier molecular flexibility index (Phi) is 5.20. The molecule has 2 aromatic rings. The van der Waals surface area contributed by atoms with E-state index in [-0.39, 0.29) is 0 Å². The van der Waals surface area contributed by atoms with Gasteiger partial charge in [0.2, 0.25) is 6.79 Å². The van der Waals surface area contributed by atoms with E-state index in [2.05, 4.69) is 60.5 Å². The normalized spacial score (nSPS) is 13.3. The third-order valence-electron chi connectivity index (χ3n) is 4.05. The number of hydrogen-bond donors (Lipinski definition) is 0. The summed E-state index contributed by atoms with van der Waals surface area (Å²) in [5.41, 5.74) is 2.57. The van der Waals surface area contributed by atoms with Gasteiger partial charge in [-0.05, 0) is 55.7 Å². The molecule has 23 heavy (non-hydrogen) atoms. The molecule has 0 N–H and O–H groups in total. The molecule has 124 valence electrons. The van der Waals surface area contributed by atoms with Crippen LogP contribution in [0.4, 0.5) is 0 Å². The van der Waals surface area contributed by atoms with Crippen LogP contribution < -0.4 is 9.47 Å². The van der Waals surface area contributed by atoms with Gasteiger partial charge in [0.15, 0.2) is 11.5 Å². The van der Waals surface area contributed by atoms with Gasteiger partial charge < -0.3 is 14.4 Å². The van der Waals surface area contributed by atoms with Gasteiger partial charge in [-0.2, -0.15) is 0 Å². The molecule has 0 fully saturated rings. The zero-order chi connectivity index (χ0) is 16.2. The van der Waals surface area contributed by atoms with E-state index in [4.69, 9.17) is 9.47 Å². The van der Waals surface area contributed by atoms with Crippen LogP contribution in [0.15, 0.2) is 29.6 Å². The molecule has 0 saturated heterocycles. The number of likely N-dealkylation sites (N-methyl/N-ethyl adjacent to an activating group) is 1. The number of benzene rings is 1. The Balaban J connectivity index is 1.74. The molecule has 0 bridgehead atoms. The van der Waals surface area contributed by atoms with Gasteiger partial charge in [0.05, 0.1) is 0 Å². The Morgan fingerprint density at radius 1 is 1.09 bits per heavy atom. The summed E-state index contributed by atoms with van der Waals surface area (Å²) in [6.07, 6.45) is 0. The quantitative estimate of drug-likeness (QED) is 0.776. The van der Waals surface area contributed by atoms with E-state index in [1.165, 1.54) is 16.0 Å². The van der Waals surface area contributed by atoms with E-state index >= 15 is 0 Å². The topological polar surface area (TPSA) is 24.9 Å². The summed E-state index contributed by atoms with van der Waals surface area (Å²) in [7, 11) is 4.24. The van der Waals surface area contributed by atoms with E-state index < -0.39 is 0 Å². The first-order valence-corrected chi connectivity index (χ1v) is 8.78. The van der Waals surface area contributed by atoms with Crippen LogP contribution in [0.2, 0.25) is 0 Å². The van der Waals surface area contributed by atoms with Crippen molar-refractivity contribution in [1.29, 1.82) is 0 Å². The zero-order valence-electron chi connectivity index (χ0n) is 14.0. The number of rotatable bonds is 7. The van der Waals surface area contributed by atoms with Crippen LogP contribution in [-0.2, 0) is 13.1 Å². The Labute approximate surface area is 142 Å². The fraction of sp³-hybridized carbons (Fsp3) is 0.444. The monoisotopic (exact) mass is 332 g/mol. The van der Waals surface area contributed by atoms with E-state index in [1.54, 1.807) is 0 Å². The average Bonchev–Trinajstić information content (AvgIpc) is 3.16. The van der Waals surface area contributed by atoms with Crippen LogP contribution in [-0.4, -0.2) is 43.8 Å². The molecule has 1 aliphatic rings. The lowest BCUT2D eigenvalue weighted by atomic mass is 10.1. The van der Waals surface area contributed by atoms with E-state index in [1.807, 2.05) is 11.3 Å². The molecule has 5 heteroatoms. The average molecular weight is 332 g/mol. The Morgan fingerprint density at radius 2 is 1.87 bits per heavy atom. The molecule has 0 unspecified atom stereocenters. The summed E-state index contributed by atoms with van der Waals surface area (Å²) in [6.45, 7) is 6.48. The van der Waals surface area contributed by atoms with Gasteiger partial charge >= 0.3 is 0 Å². The predicted octanol–water partition coefficient (Wildman–Crippen LogP) is 3.35. The minimum atomic E-state index is 0.331. The SMILES string of the molecule is Cc1cc2c(cc1CN(CCN(C)C)Cc1cccs1)OCO2. The fourth-order valence-electron chi connectivity index (χ4n) is 2.68. The molecule has 1 aliphatic heterocycles. The van der Waals surface area contributed by atoms with Gasteiger partial charge in [-0.1, -0.05) is 6.07 Å². The maximum Gasteiger partial charge on any atom is 0.231 e. The summed E-state index contributed by atoms with van der Waals surface area (Å²) >= 11 is 1.82. The van der Waals surface area contributed by atoms with Crippen LogP contribution in [0.3, 0.4) is 0 Å². The highest BCUT2D eigenvalue weighted by atomic mass is 32.1. The molecular formula is C18H24N2O2S. The molecule has 0 atom stereocenters. The molecule has 0 aliphatic carbocycles. The van der Waals surface area contributed by atoms with Crippen molar-refractivity contribution in [2.24, 2.45) is 0 Å². The lowest BCUT2D eigenvalue weighted by molar-refractivity contribution is 0.174. The van der Waals surface area contributed by atoms with Crippen molar-refractivity contribution in [3.63, 3.8) is 0 Å². The van der Waals surface area contributed by atoms with Crippen molar-refractivity contribution < 1.29 is 9.47 Å². The molecule has 0 radical (unpaired) electrons. The van der Waals surface area contributed by atoms with Crippen molar-refractivity contribution in [3.8, 4) is 11.5 Å². The van der Waals surface area contributed by atoms with Gasteiger partial charge in [-0.15, -0.1) is 11.3 Å². The number of fused-ring (bicyclic) bond motifs is 1. The Morgan fingerprint density at radius 3 is 2.57 bits per heavy atom. The zero-order valence-corrected chi connectivity index (χ0v) is 14.9. The minimum absolute atomic E-state index is 0.331. The second-order valence-electron chi connectivity index (χ2n) is 6.23. The molecular weight excluding hydrogens is 308 g/mol. The van der Waals surface area contributed by atoms with Crippen LogP contribution >= 0.6 is 11.3 Å². The van der Waals surface area contributed by atoms with E-state index in [0.717, 1.165) is 37.7 Å². The lowest BCUT2D eigenvalue weighted by Gasteiger charge is -2.24. The number of hydrogen-bond acceptors (Lipinski definition) is 5. The molecule has 3 rings (SSSR count). The Hall–Kier alpha value is -1.56. The van der Waals surface area contributed by atoms with Gasteiger partial charge in [0.1, 0.15) is 0 Å². The second-order valence-corrected chi connectivity index (χ2v) is 7.26. The van der Waals surface area contributed by atoms with Crippen LogP contribution in [0, 0.1) is 6.92 Å². The van der Waals surface area contributed by atoms with Gasteiger partial charge in [0, 0.05) is 31.1 Å². The maximum absolute atomic E-state index is 5.53. The highest BCUT2D eigenvalue weighted by molar-refractivity contribution is 7.09. The standard InChI is InChI=1S/C18H24N2O2S/c1-14-9-17-18(22-13-21-17)10-15(14)11-20(7-6-19(2)3)12-16-5-4-8-23-16/h4-5,8-10H,6-7,11-13H2,1-3H3. The van der Waals surface area contributed by atoms with Crippen LogP contribution in [0.5, 0.6) is 11.5 Å². The highest BCUT2D eigenvalue weighted by Crippen LogP contribution is 2.35. The van der Waals surface area contributed by atoms with Crippen molar-refractivity contribution in [3.05, 3.63) is 45.6 Å². The molecule has 4 nitrogen and oxygen atoms in total. The van der Waals surface area contributed by atoms with Gasteiger partial charge in [-0.3, -0.25) is 4.90 Å². The molecule has 0 saturated carbocycles. The molecule has 0 spiro atoms. The number of nitrogens with zero attached hydrogens (tertiary/aromatic N) is 2. The summed E-state index contributed by atoms with van der Waals surface area (Å²) in [4.78, 5) is 6.13. The second kappa shape index (κ2) is 7.34. The predicted molar refractivity (Wildman–Crippen MR) is 94.3 cm³/mol. The van der Waals surface area contributed by atoms with Crippen molar-refractivity contribution >= 4 is 11.3 Å². The van der Waals surface area contributed by atoms with Crippen LogP contribution in [0.1, 0.15) is 16.0 Å². The summed E-state index contributed by atoms with van der Waals surface area (Å²) in [5.74, 6) is 1.73. The van der Waals surface area contributed by atoms with E-state index in [9.17, 15) is 0 Å².